The molecule has 0 spiro atoms. The molecule has 3 N–H and O–H groups in total. The zero-order chi connectivity index (χ0) is 35.0. The van der Waals surface area contributed by atoms with E-state index >= 15 is 0 Å². The van der Waals surface area contributed by atoms with Crippen LogP contribution < -0.4 is 14.7 Å². The lowest BCUT2D eigenvalue weighted by molar-refractivity contribution is 0.0691. The van der Waals surface area contributed by atoms with Crippen molar-refractivity contribution in [3.05, 3.63) is 107 Å². The number of aromatic amines is 2. The molecular formula is C38H30N8O4S. The van der Waals surface area contributed by atoms with Gasteiger partial charge in [-0.15, -0.1) is 10.2 Å². The van der Waals surface area contributed by atoms with E-state index in [0.717, 1.165) is 65.9 Å². The van der Waals surface area contributed by atoms with Crippen LogP contribution >= 0.6 is 11.3 Å². The summed E-state index contributed by atoms with van der Waals surface area (Å²) in [6.45, 7) is 1.02. The Hall–Kier alpha value is -6.34. The molecule has 12 nitrogen and oxygen atoms in total. The van der Waals surface area contributed by atoms with Gasteiger partial charge in [0.05, 0.1) is 15.9 Å². The summed E-state index contributed by atoms with van der Waals surface area (Å²) in [5, 5.41) is 20.4. The normalized spacial score (nSPS) is 13.9. The van der Waals surface area contributed by atoms with E-state index < -0.39 is 5.97 Å². The van der Waals surface area contributed by atoms with Gasteiger partial charge in [0.25, 0.3) is 11.8 Å². The number of H-pyrrole nitrogens is 2. The Bertz CT molecular complexity index is 2620. The lowest BCUT2D eigenvalue weighted by atomic mass is 10.1. The maximum Gasteiger partial charge on any atom is 0.352 e. The molecule has 2 amide bonds. The molecule has 13 heteroatoms. The van der Waals surface area contributed by atoms with Crippen molar-refractivity contribution in [2.75, 3.05) is 41.9 Å². The van der Waals surface area contributed by atoms with Gasteiger partial charge in [-0.2, -0.15) is 0 Å². The molecule has 252 valence electrons. The van der Waals surface area contributed by atoms with Crippen LogP contribution in [0.1, 0.15) is 42.5 Å². The van der Waals surface area contributed by atoms with Crippen LogP contribution in [0.3, 0.4) is 0 Å². The quantitative estimate of drug-likeness (QED) is 0.151. The van der Waals surface area contributed by atoms with Crippen molar-refractivity contribution in [2.24, 2.45) is 10.2 Å². The Balaban J connectivity index is 0.952. The van der Waals surface area contributed by atoms with Gasteiger partial charge in [0.2, 0.25) is 5.13 Å². The van der Waals surface area contributed by atoms with Crippen molar-refractivity contribution < 1.29 is 19.5 Å². The van der Waals surface area contributed by atoms with Gasteiger partial charge in [0.1, 0.15) is 11.4 Å². The second-order valence-electron chi connectivity index (χ2n) is 12.9. The Morgan fingerprint density at radius 2 is 1.39 bits per heavy atom. The fourth-order valence-corrected chi connectivity index (χ4v) is 8.01. The molecule has 2 aliphatic rings. The Morgan fingerprint density at radius 3 is 2.04 bits per heavy atom. The van der Waals surface area contributed by atoms with Crippen LogP contribution in [0.2, 0.25) is 0 Å². The number of carboxylic acid groups (broad SMARTS) is 1. The monoisotopic (exact) mass is 694 g/mol. The predicted octanol–water partition coefficient (Wildman–Crippen LogP) is 7.84. The molecule has 9 rings (SSSR count). The van der Waals surface area contributed by atoms with Gasteiger partial charge in [0.15, 0.2) is 0 Å². The number of carbonyl (C=O) groups is 3. The molecule has 0 aliphatic carbocycles. The second kappa shape index (κ2) is 11.6. The van der Waals surface area contributed by atoms with E-state index in [1.165, 1.54) is 11.3 Å². The number of aromatic carboxylic acids is 1. The first kappa shape index (κ1) is 30.7. The summed E-state index contributed by atoms with van der Waals surface area (Å²) in [6, 6.07) is 24.4. The average Bonchev–Trinajstić information content (AvgIpc) is 3.97. The molecule has 0 fully saturated rings. The van der Waals surface area contributed by atoms with Gasteiger partial charge in [-0.1, -0.05) is 11.3 Å². The van der Waals surface area contributed by atoms with E-state index in [1.54, 1.807) is 21.9 Å². The molecular weight excluding hydrogens is 665 g/mol. The highest BCUT2D eigenvalue weighted by Crippen LogP contribution is 2.39. The molecule has 0 radical (unpaired) electrons. The summed E-state index contributed by atoms with van der Waals surface area (Å²) in [5.74, 6) is -1.28. The Labute approximate surface area is 294 Å². The highest BCUT2D eigenvalue weighted by Gasteiger charge is 2.31. The molecule has 0 bridgehead atoms. The van der Waals surface area contributed by atoms with Crippen LogP contribution in [0.4, 0.5) is 27.9 Å². The number of carboxylic acids is 1. The van der Waals surface area contributed by atoms with E-state index in [4.69, 9.17) is 0 Å². The van der Waals surface area contributed by atoms with Gasteiger partial charge in [0, 0.05) is 71.6 Å². The fraction of sp³-hybridized carbons (Fsp3) is 0.158. The first-order valence-electron chi connectivity index (χ1n) is 16.5. The molecule has 7 aromatic rings. The number of azo groups is 1. The Kier molecular flexibility index (Phi) is 7.00. The number of hydrogen-bond acceptors (Lipinski definition) is 8. The van der Waals surface area contributed by atoms with Crippen LogP contribution in [0.5, 0.6) is 0 Å². The van der Waals surface area contributed by atoms with Crippen molar-refractivity contribution in [3.63, 3.8) is 0 Å². The lowest BCUT2D eigenvalue weighted by Gasteiger charge is -2.17. The van der Waals surface area contributed by atoms with Gasteiger partial charge in [-0.3, -0.25) is 9.59 Å². The minimum Gasteiger partial charge on any atom is -0.477 e. The number of amides is 2. The van der Waals surface area contributed by atoms with Crippen molar-refractivity contribution in [2.45, 2.75) is 12.8 Å². The van der Waals surface area contributed by atoms with E-state index in [0.29, 0.717) is 42.3 Å². The zero-order valence-corrected chi connectivity index (χ0v) is 28.4. The van der Waals surface area contributed by atoms with E-state index in [9.17, 15) is 19.5 Å². The van der Waals surface area contributed by atoms with Crippen molar-refractivity contribution in [1.82, 2.24) is 15.0 Å². The molecule has 0 atom stereocenters. The summed E-state index contributed by atoms with van der Waals surface area (Å²) < 4.78 is 0.851. The van der Waals surface area contributed by atoms with Crippen LogP contribution in [0.15, 0.2) is 89.1 Å². The summed E-state index contributed by atoms with van der Waals surface area (Å²) in [6.07, 6.45) is 1.29. The predicted molar refractivity (Wildman–Crippen MR) is 199 cm³/mol. The van der Waals surface area contributed by atoms with E-state index in [-0.39, 0.29) is 17.5 Å². The molecule has 5 heterocycles. The highest BCUT2D eigenvalue weighted by molar-refractivity contribution is 7.21. The number of fused-ring (bicyclic) bond motifs is 7. The highest BCUT2D eigenvalue weighted by atomic mass is 32.1. The topological polar surface area (TPSA) is 150 Å². The molecule has 3 aromatic heterocycles. The number of anilines is 3. The van der Waals surface area contributed by atoms with Crippen molar-refractivity contribution >= 4 is 89.0 Å². The number of aromatic nitrogens is 3. The standard InChI is InChI=1S/C38H30N8O4S/c1-44(2)22-6-4-21(5-7-22)42-43-38-41-29-8-3-20(17-34(29)51-38)35(47)45-15-13-23-25-18-30(39-27(25)9-11-32(23)45)36(48)46-16-14-24-26-19-31(37(49)50)40-28(26)10-12-33(24)46/h3-12,17-19,39-40H,13-16H2,1-2H3,(H,49,50). The number of benzene rings is 4. The zero-order valence-electron chi connectivity index (χ0n) is 27.6. The smallest absolute Gasteiger partial charge is 0.352 e. The van der Waals surface area contributed by atoms with Gasteiger partial charge in [-0.05, 0) is 103 Å². The maximum atomic E-state index is 13.9. The van der Waals surface area contributed by atoms with Crippen LogP contribution in [-0.4, -0.2) is 65.0 Å². The summed E-state index contributed by atoms with van der Waals surface area (Å²) in [5.41, 5.74) is 8.88. The lowest BCUT2D eigenvalue weighted by Crippen LogP contribution is -2.29. The minimum atomic E-state index is -1.02. The molecule has 0 saturated heterocycles. The van der Waals surface area contributed by atoms with Crippen LogP contribution in [-0.2, 0) is 12.8 Å². The average molecular weight is 695 g/mol. The second-order valence-corrected chi connectivity index (χ2v) is 13.9. The fourth-order valence-electron chi connectivity index (χ4n) is 7.18. The number of nitrogens with zero attached hydrogens (tertiary/aromatic N) is 6. The SMILES string of the molecule is CN(C)c1ccc(N=Nc2nc3ccc(C(=O)N4CCc5c4ccc4[nH]c(C(=O)N6CCc7c6ccc6[nH]c(C(=O)O)cc76)cc54)cc3s2)cc1. The molecule has 51 heavy (non-hydrogen) atoms. The van der Waals surface area contributed by atoms with Gasteiger partial charge < -0.3 is 29.8 Å². The van der Waals surface area contributed by atoms with Crippen LogP contribution in [0.25, 0.3) is 32.0 Å². The Morgan fingerprint density at radius 1 is 0.765 bits per heavy atom. The maximum absolute atomic E-state index is 13.9. The first-order valence-corrected chi connectivity index (χ1v) is 17.3. The summed E-state index contributed by atoms with van der Waals surface area (Å²) >= 11 is 1.38. The molecule has 2 aliphatic heterocycles. The summed E-state index contributed by atoms with van der Waals surface area (Å²) in [7, 11) is 3.97. The van der Waals surface area contributed by atoms with Crippen molar-refractivity contribution in [1.29, 1.82) is 0 Å². The van der Waals surface area contributed by atoms with Crippen molar-refractivity contribution in [3.8, 4) is 0 Å². The number of carbonyl (C=O) groups excluding carboxylic acids is 2. The first-order chi connectivity index (χ1) is 24.7. The minimum absolute atomic E-state index is 0.102. The van der Waals surface area contributed by atoms with E-state index in [2.05, 4.69) is 25.2 Å². The number of hydrogen-bond donors (Lipinski definition) is 3. The summed E-state index contributed by atoms with van der Waals surface area (Å²) in [4.78, 5) is 55.7. The third-order valence-corrected chi connectivity index (χ3v) is 10.6. The van der Waals surface area contributed by atoms with E-state index in [1.807, 2.05) is 85.7 Å². The largest absolute Gasteiger partial charge is 0.477 e. The van der Waals surface area contributed by atoms with Gasteiger partial charge in [-0.25, -0.2) is 9.78 Å². The number of thiazole rings is 1. The third-order valence-electron chi connectivity index (χ3n) is 9.73. The molecule has 4 aromatic carbocycles. The molecule has 0 unspecified atom stereocenters. The number of nitrogens with one attached hydrogen (secondary N) is 2. The molecule has 0 saturated carbocycles. The number of rotatable bonds is 6. The van der Waals surface area contributed by atoms with Crippen LogP contribution in [0, 0.1) is 0 Å². The van der Waals surface area contributed by atoms with Gasteiger partial charge >= 0.3 is 5.97 Å². The third kappa shape index (κ3) is 5.12.